The number of carbonyl (C=O) groups excluding carboxylic acids is 7. The SMILES string of the molecule is O=C(O)CCCCCCCCCCCCCCCCC(=O)N[C@@H](CCC(=O)NCCOCCOCC(=O)NCCOCCOCC(=O)NCCNC(=O)CCN1C(=O)CCC1=O)C(=O)O. The first kappa shape index (κ1) is 58.3. The molecule has 372 valence electrons. The van der Waals surface area contributed by atoms with E-state index in [1.54, 1.807) is 0 Å². The number of ether oxygens (including phenoxy) is 4. The van der Waals surface area contributed by atoms with Gasteiger partial charge in [-0.2, -0.15) is 0 Å². The van der Waals surface area contributed by atoms with Crippen LogP contribution in [-0.4, -0.2) is 160 Å². The van der Waals surface area contributed by atoms with Gasteiger partial charge in [-0.15, -0.1) is 0 Å². The molecule has 0 bridgehead atoms. The summed E-state index contributed by atoms with van der Waals surface area (Å²) in [5, 5.41) is 31.2. The molecule has 1 atom stereocenters. The molecule has 1 heterocycles. The first-order valence-corrected chi connectivity index (χ1v) is 23.3. The molecule has 0 aromatic heterocycles. The highest BCUT2D eigenvalue weighted by Crippen LogP contribution is 2.14. The van der Waals surface area contributed by atoms with Gasteiger partial charge < -0.3 is 55.7 Å². The Hall–Kier alpha value is -4.73. The number of hydrogen-bond acceptors (Lipinski definition) is 13. The van der Waals surface area contributed by atoms with Crippen LogP contribution in [0.4, 0.5) is 0 Å². The number of carboxylic acids is 2. The van der Waals surface area contributed by atoms with Gasteiger partial charge in [-0.1, -0.05) is 77.0 Å². The fourth-order valence-electron chi connectivity index (χ4n) is 6.55. The standard InChI is InChI=1S/C44H76N6O15/c51-36(18-17-35(44(60)61)49-38(53)15-13-11-9-7-5-3-1-2-4-6-8-10-12-14-16-43(58)59)47-24-27-62-29-32-65-34-40(55)48-25-28-63-30-31-64-33-39(54)46-23-22-45-37(52)21-26-50-41(56)19-20-42(50)57/h35H,1-34H2,(H,45,52)(H,46,54)(H,47,51)(H,48,55)(H,49,53)(H,58,59)(H,60,61)/t35-/m0/s1. The lowest BCUT2D eigenvalue weighted by atomic mass is 10.0. The van der Waals surface area contributed by atoms with Gasteiger partial charge in [0, 0.05) is 71.2 Å². The molecule has 0 aliphatic carbocycles. The van der Waals surface area contributed by atoms with Gasteiger partial charge in [-0.25, -0.2) is 4.79 Å². The molecule has 0 saturated carbocycles. The van der Waals surface area contributed by atoms with Crippen LogP contribution < -0.4 is 26.6 Å². The van der Waals surface area contributed by atoms with E-state index in [1.165, 1.54) is 38.5 Å². The van der Waals surface area contributed by atoms with Gasteiger partial charge in [-0.05, 0) is 19.3 Å². The van der Waals surface area contributed by atoms with Crippen molar-refractivity contribution in [2.24, 2.45) is 0 Å². The molecule has 1 rings (SSSR count). The number of imide groups is 1. The minimum absolute atomic E-state index is 0.00356. The third kappa shape index (κ3) is 35.2. The summed E-state index contributed by atoms with van der Waals surface area (Å²) in [6, 6.07) is -1.15. The number of amides is 7. The second-order valence-corrected chi connectivity index (χ2v) is 15.8. The summed E-state index contributed by atoms with van der Waals surface area (Å²) in [4.78, 5) is 107. The highest BCUT2D eigenvalue weighted by Gasteiger charge is 2.28. The summed E-state index contributed by atoms with van der Waals surface area (Å²) in [5.74, 6) is -4.23. The molecule has 0 aromatic rings. The lowest BCUT2D eigenvalue weighted by molar-refractivity contribution is -0.142. The molecule has 21 nitrogen and oxygen atoms in total. The van der Waals surface area contributed by atoms with Crippen molar-refractivity contribution in [3.63, 3.8) is 0 Å². The smallest absolute Gasteiger partial charge is 0.326 e. The highest BCUT2D eigenvalue weighted by molar-refractivity contribution is 6.02. The lowest BCUT2D eigenvalue weighted by Crippen LogP contribution is -2.41. The summed E-state index contributed by atoms with van der Waals surface area (Å²) in [6.07, 6.45) is 15.7. The Bertz CT molecular complexity index is 1400. The Balaban J connectivity index is 1.89. The number of hydrogen-bond donors (Lipinski definition) is 7. The van der Waals surface area contributed by atoms with Crippen LogP contribution in [0.25, 0.3) is 0 Å². The Labute approximate surface area is 382 Å². The normalized spacial score (nSPS) is 12.8. The van der Waals surface area contributed by atoms with Crippen molar-refractivity contribution in [1.29, 1.82) is 0 Å². The van der Waals surface area contributed by atoms with Crippen molar-refractivity contribution in [3.05, 3.63) is 0 Å². The Morgan fingerprint density at radius 2 is 0.862 bits per heavy atom. The van der Waals surface area contributed by atoms with E-state index in [0.29, 0.717) is 6.42 Å². The minimum Gasteiger partial charge on any atom is -0.481 e. The summed E-state index contributed by atoms with van der Waals surface area (Å²) in [5.41, 5.74) is 0. The number of carboxylic acid groups (broad SMARTS) is 2. The highest BCUT2D eigenvalue weighted by atomic mass is 16.5. The Kier molecular flexibility index (Phi) is 35.5. The van der Waals surface area contributed by atoms with Crippen LogP contribution in [0.1, 0.15) is 135 Å². The fraction of sp³-hybridized carbons (Fsp3) is 0.795. The fourth-order valence-corrected chi connectivity index (χ4v) is 6.55. The average molecular weight is 929 g/mol. The van der Waals surface area contributed by atoms with Crippen LogP contribution in [0.15, 0.2) is 0 Å². The molecule has 65 heavy (non-hydrogen) atoms. The molecular weight excluding hydrogens is 853 g/mol. The first-order valence-electron chi connectivity index (χ1n) is 23.3. The predicted molar refractivity (Wildman–Crippen MR) is 236 cm³/mol. The van der Waals surface area contributed by atoms with Gasteiger partial charge in [0.15, 0.2) is 0 Å². The van der Waals surface area contributed by atoms with Gasteiger partial charge >= 0.3 is 11.9 Å². The van der Waals surface area contributed by atoms with Crippen LogP contribution >= 0.6 is 0 Å². The zero-order chi connectivity index (χ0) is 47.8. The number of nitrogens with zero attached hydrogens (tertiary/aromatic N) is 1. The molecule has 0 spiro atoms. The van der Waals surface area contributed by atoms with Gasteiger partial charge in [-0.3, -0.25) is 43.3 Å². The largest absolute Gasteiger partial charge is 0.481 e. The lowest BCUT2D eigenvalue weighted by Gasteiger charge is -2.14. The number of likely N-dealkylation sites (tertiary alicyclic amines) is 1. The van der Waals surface area contributed by atoms with Gasteiger partial charge in [0.2, 0.25) is 41.4 Å². The second kappa shape index (κ2) is 39.6. The van der Waals surface area contributed by atoms with Crippen LogP contribution in [0.3, 0.4) is 0 Å². The number of aliphatic carboxylic acids is 2. The van der Waals surface area contributed by atoms with Crippen molar-refractivity contribution < 1.29 is 72.3 Å². The van der Waals surface area contributed by atoms with Crippen molar-refractivity contribution in [3.8, 4) is 0 Å². The van der Waals surface area contributed by atoms with E-state index in [0.717, 1.165) is 49.8 Å². The number of rotatable bonds is 44. The number of carbonyl (C=O) groups is 9. The molecule has 0 aromatic carbocycles. The van der Waals surface area contributed by atoms with Crippen LogP contribution in [-0.2, 0) is 62.1 Å². The monoisotopic (exact) mass is 929 g/mol. The van der Waals surface area contributed by atoms with Crippen LogP contribution in [0.2, 0.25) is 0 Å². The molecule has 1 aliphatic rings. The van der Waals surface area contributed by atoms with Gasteiger partial charge in [0.1, 0.15) is 19.3 Å². The van der Waals surface area contributed by atoms with E-state index in [4.69, 9.17) is 24.1 Å². The van der Waals surface area contributed by atoms with Crippen molar-refractivity contribution >= 4 is 53.3 Å². The maximum atomic E-state index is 12.3. The van der Waals surface area contributed by atoms with E-state index >= 15 is 0 Å². The number of unbranched alkanes of at least 4 members (excludes halogenated alkanes) is 13. The summed E-state index contributed by atoms with van der Waals surface area (Å²) < 4.78 is 21.2. The molecule has 1 saturated heterocycles. The molecule has 0 radical (unpaired) electrons. The minimum atomic E-state index is -1.19. The average Bonchev–Trinajstić information content (AvgIpc) is 3.59. The van der Waals surface area contributed by atoms with Crippen LogP contribution in [0, 0.1) is 0 Å². The molecule has 7 N–H and O–H groups in total. The van der Waals surface area contributed by atoms with Crippen molar-refractivity contribution in [2.45, 2.75) is 141 Å². The molecule has 7 amide bonds. The van der Waals surface area contributed by atoms with E-state index < -0.39 is 18.0 Å². The number of nitrogens with one attached hydrogen (secondary N) is 5. The van der Waals surface area contributed by atoms with E-state index in [9.17, 15) is 48.3 Å². The van der Waals surface area contributed by atoms with E-state index in [1.807, 2.05) is 0 Å². The molecule has 1 fully saturated rings. The third-order valence-electron chi connectivity index (χ3n) is 10.2. The van der Waals surface area contributed by atoms with Crippen molar-refractivity contribution in [1.82, 2.24) is 31.5 Å². The Morgan fingerprint density at radius 3 is 1.34 bits per heavy atom. The quantitative estimate of drug-likeness (QED) is 0.0338. The molecule has 21 heteroatoms. The zero-order valence-electron chi connectivity index (χ0n) is 38.3. The van der Waals surface area contributed by atoms with Gasteiger partial charge in [0.05, 0.1) is 39.6 Å². The Morgan fingerprint density at radius 1 is 0.462 bits per heavy atom. The molecule has 0 unspecified atom stereocenters. The molecule has 1 aliphatic heterocycles. The maximum Gasteiger partial charge on any atom is 0.326 e. The molecular formula is C44H76N6O15. The first-order chi connectivity index (χ1) is 31.4. The van der Waals surface area contributed by atoms with Crippen LogP contribution in [0.5, 0.6) is 0 Å². The summed E-state index contributed by atoms with van der Waals surface area (Å²) >= 11 is 0. The maximum absolute atomic E-state index is 12.3. The van der Waals surface area contributed by atoms with Gasteiger partial charge in [0.25, 0.3) is 0 Å². The predicted octanol–water partition coefficient (Wildman–Crippen LogP) is 1.73. The zero-order valence-corrected chi connectivity index (χ0v) is 38.3. The summed E-state index contributed by atoms with van der Waals surface area (Å²) in [6.45, 7) is 1.52. The van der Waals surface area contributed by atoms with E-state index in [-0.39, 0.29) is 172 Å². The third-order valence-corrected chi connectivity index (χ3v) is 10.2. The topological polar surface area (TPSA) is 294 Å². The second-order valence-electron chi connectivity index (χ2n) is 15.8. The van der Waals surface area contributed by atoms with E-state index in [2.05, 4.69) is 26.6 Å². The van der Waals surface area contributed by atoms with Crippen molar-refractivity contribution in [2.75, 3.05) is 85.6 Å². The summed E-state index contributed by atoms with van der Waals surface area (Å²) in [7, 11) is 0.